The Morgan fingerprint density at radius 2 is 1.56 bits per heavy atom. The smallest absolute Gasteiger partial charge is 0.231 e. The number of aromatic nitrogens is 2. The maximum atomic E-state index is 12.8. The van der Waals surface area contributed by atoms with Crippen LogP contribution >= 0.6 is 23.1 Å². The van der Waals surface area contributed by atoms with Crippen molar-refractivity contribution in [3.63, 3.8) is 0 Å². The second-order valence-electron chi connectivity index (χ2n) is 7.36. The normalized spacial score (nSPS) is 10.8. The molecule has 3 aromatic carbocycles. The van der Waals surface area contributed by atoms with Crippen LogP contribution in [0, 0.1) is 13.8 Å². The van der Waals surface area contributed by atoms with Crippen LogP contribution < -0.4 is 10.6 Å². The molecule has 1 amide bonds. The van der Waals surface area contributed by atoms with E-state index in [-0.39, 0.29) is 17.7 Å². The maximum absolute atomic E-state index is 12.8. The molecule has 0 atom stereocenters. The highest BCUT2D eigenvalue weighted by Crippen LogP contribution is 2.30. The Morgan fingerprint density at radius 3 is 2.22 bits per heavy atom. The number of rotatable bonds is 8. The Labute approximate surface area is 196 Å². The van der Waals surface area contributed by atoms with Gasteiger partial charge in [0.15, 0.2) is 4.34 Å². The number of aryl methyl sites for hydroxylation is 1. The number of nitrogens with zero attached hydrogens (tertiary/aromatic N) is 2. The molecule has 5 nitrogen and oxygen atoms in total. The van der Waals surface area contributed by atoms with Crippen molar-refractivity contribution >= 4 is 39.8 Å². The molecule has 0 spiro atoms. The monoisotopic (exact) mass is 460 g/mol. The van der Waals surface area contributed by atoms with Crippen molar-refractivity contribution in [3.05, 3.63) is 101 Å². The van der Waals surface area contributed by atoms with Crippen LogP contribution in [0.5, 0.6) is 0 Å². The summed E-state index contributed by atoms with van der Waals surface area (Å²) in [6.07, 6.45) is 0. The first-order chi connectivity index (χ1) is 15.6. The van der Waals surface area contributed by atoms with E-state index in [4.69, 9.17) is 0 Å². The lowest BCUT2D eigenvalue weighted by molar-refractivity contribution is -0.119. The average molecular weight is 461 g/mol. The minimum Gasteiger partial charge on any atom is -0.344 e. The molecule has 0 aliphatic carbocycles. The third-order valence-electron chi connectivity index (χ3n) is 5.15. The van der Waals surface area contributed by atoms with Gasteiger partial charge in [-0.1, -0.05) is 95.9 Å². The number of nitrogens with one attached hydrogen (secondary N) is 2. The van der Waals surface area contributed by atoms with Gasteiger partial charge >= 0.3 is 0 Å². The van der Waals surface area contributed by atoms with Gasteiger partial charge in [-0.15, -0.1) is 10.2 Å². The van der Waals surface area contributed by atoms with Crippen LogP contribution in [0.1, 0.15) is 28.3 Å². The molecular weight excluding hydrogens is 436 g/mol. The summed E-state index contributed by atoms with van der Waals surface area (Å²) in [6, 6.07) is 25.9. The van der Waals surface area contributed by atoms with Gasteiger partial charge in [0.1, 0.15) is 0 Å². The van der Waals surface area contributed by atoms with E-state index in [1.165, 1.54) is 34.2 Å². The summed E-state index contributed by atoms with van der Waals surface area (Å²) in [5.74, 6) is 0.223. The van der Waals surface area contributed by atoms with Crippen molar-refractivity contribution < 1.29 is 4.79 Å². The molecule has 2 N–H and O–H groups in total. The number of thioether (sulfide) groups is 1. The van der Waals surface area contributed by atoms with Crippen molar-refractivity contribution in [1.82, 2.24) is 15.5 Å². The Bertz CT molecular complexity index is 1140. The Balaban J connectivity index is 1.38. The summed E-state index contributed by atoms with van der Waals surface area (Å²) in [7, 11) is 0. The predicted octanol–water partition coefficient (Wildman–Crippen LogP) is 5.90. The molecule has 0 bridgehead atoms. The minimum absolute atomic E-state index is 0.0491. The molecule has 0 saturated heterocycles. The standard InChI is InChI=1S/C25H24N4OS2/c1-17-10-9-15-21(18(17)2)26-24-28-29-25(32-24)31-16-22(30)27-23(19-11-5-3-6-12-19)20-13-7-4-8-14-20/h3-15,23H,16H2,1-2H3,(H,26,28)(H,27,30). The van der Waals surface area contributed by atoms with Crippen molar-refractivity contribution in [2.75, 3.05) is 11.1 Å². The van der Waals surface area contributed by atoms with E-state index in [2.05, 4.69) is 40.7 Å². The van der Waals surface area contributed by atoms with Crippen LogP contribution in [0.15, 0.2) is 83.2 Å². The first kappa shape index (κ1) is 22.0. The molecule has 0 aliphatic rings. The van der Waals surface area contributed by atoms with E-state index in [0.717, 1.165) is 21.2 Å². The Hall–Kier alpha value is -3.16. The molecule has 0 saturated carbocycles. The highest BCUT2D eigenvalue weighted by Gasteiger charge is 2.17. The Morgan fingerprint density at radius 1 is 0.906 bits per heavy atom. The van der Waals surface area contributed by atoms with Crippen LogP contribution in [-0.2, 0) is 4.79 Å². The zero-order chi connectivity index (χ0) is 22.3. The summed E-state index contributed by atoms with van der Waals surface area (Å²) in [5, 5.41) is 15.6. The van der Waals surface area contributed by atoms with Crippen molar-refractivity contribution in [2.45, 2.75) is 24.2 Å². The number of benzene rings is 3. The van der Waals surface area contributed by atoms with Gasteiger partial charge in [0.2, 0.25) is 11.0 Å². The summed E-state index contributed by atoms with van der Waals surface area (Å²) in [6.45, 7) is 4.16. The number of carbonyl (C=O) groups excluding carboxylic acids is 1. The largest absolute Gasteiger partial charge is 0.344 e. The van der Waals surface area contributed by atoms with E-state index >= 15 is 0 Å². The predicted molar refractivity (Wildman–Crippen MR) is 133 cm³/mol. The van der Waals surface area contributed by atoms with Gasteiger partial charge in [-0.25, -0.2) is 0 Å². The molecule has 32 heavy (non-hydrogen) atoms. The van der Waals surface area contributed by atoms with Crippen molar-refractivity contribution in [3.8, 4) is 0 Å². The molecule has 0 unspecified atom stereocenters. The van der Waals surface area contributed by atoms with E-state index in [1.807, 2.05) is 72.8 Å². The first-order valence-corrected chi connectivity index (χ1v) is 12.1. The molecule has 0 fully saturated rings. The van der Waals surface area contributed by atoms with Gasteiger partial charge in [0.05, 0.1) is 11.8 Å². The average Bonchev–Trinajstić information content (AvgIpc) is 3.28. The molecule has 162 valence electrons. The number of amides is 1. The topological polar surface area (TPSA) is 66.9 Å². The summed E-state index contributed by atoms with van der Waals surface area (Å²) >= 11 is 2.84. The van der Waals surface area contributed by atoms with Gasteiger partial charge in [0.25, 0.3) is 0 Å². The first-order valence-electron chi connectivity index (χ1n) is 10.3. The lowest BCUT2D eigenvalue weighted by atomic mass is 9.99. The summed E-state index contributed by atoms with van der Waals surface area (Å²) in [5.41, 5.74) is 5.52. The van der Waals surface area contributed by atoms with Gasteiger partial charge in [-0.3, -0.25) is 4.79 Å². The van der Waals surface area contributed by atoms with Gasteiger partial charge in [0, 0.05) is 5.69 Å². The number of carbonyl (C=O) groups is 1. The molecule has 1 aromatic heterocycles. The van der Waals surface area contributed by atoms with Crippen LogP contribution in [-0.4, -0.2) is 21.9 Å². The maximum Gasteiger partial charge on any atom is 0.231 e. The van der Waals surface area contributed by atoms with Crippen molar-refractivity contribution in [2.24, 2.45) is 0 Å². The highest BCUT2D eigenvalue weighted by molar-refractivity contribution is 8.01. The fourth-order valence-corrected chi connectivity index (χ4v) is 4.88. The quantitative estimate of drug-likeness (QED) is 0.321. The molecular formula is C25H24N4OS2. The van der Waals surface area contributed by atoms with Crippen LogP contribution in [0.4, 0.5) is 10.8 Å². The second kappa shape index (κ2) is 10.4. The third-order valence-corrected chi connectivity index (χ3v) is 7.12. The van der Waals surface area contributed by atoms with Crippen LogP contribution in [0.25, 0.3) is 0 Å². The lowest BCUT2D eigenvalue weighted by Crippen LogP contribution is -2.30. The van der Waals surface area contributed by atoms with E-state index in [9.17, 15) is 4.79 Å². The van der Waals surface area contributed by atoms with Gasteiger partial charge in [-0.05, 0) is 42.2 Å². The van der Waals surface area contributed by atoms with Crippen molar-refractivity contribution in [1.29, 1.82) is 0 Å². The minimum atomic E-state index is -0.193. The zero-order valence-corrected chi connectivity index (χ0v) is 19.5. The van der Waals surface area contributed by atoms with E-state index in [1.54, 1.807) is 0 Å². The van der Waals surface area contributed by atoms with Gasteiger partial charge in [-0.2, -0.15) is 0 Å². The zero-order valence-electron chi connectivity index (χ0n) is 17.9. The van der Waals surface area contributed by atoms with Crippen LogP contribution in [0.2, 0.25) is 0 Å². The third kappa shape index (κ3) is 5.55. The SMILES string of the molecule is Cc1cccc(Nc2nnc(SCC(=O)NC(c3ccccc3)c3ccccc3)s2)c1C. The molecule has 0 radical (unpaired) electrons. The fourth-order valence-electron chi connectivity index (χ4n) is 3.30. The summed E-state index contributed by atoms with van der Waals surface area (Å²) in [4.78, 5) is 12.8. The molecule has 0 aliphatic heterocycles. The van der Waals surface area contributed by atoms with Gasteiger partial charge < -0.3 is 10.6 Å². The Kier molecular flexibility index (Phi) is 7.19. The number of anilines is 2. The van der Waals surface area contributed by atoms with Crippen LogP contribution in [0.3, 0.4) is 0 Å². The molecule has 7 heteroatoms. The molecule has 4 rings (SSSR count). The number of hydrogen-bond donors (Lipinski definition) is 2. The van der Waals surface area contributed by atoms with E-state index in [0.29, 0.717) is 5.13 Å². The summed E-state index contributed by atoms with van der Waals surface area (Å²) < 4.78 is 0.754. The second-order valence-corrected chi connectivity index (χ2v) is 9.56. The highest BCUT2D eigenvalue weighted by atomic mass is 32.2. The molecule has 4 aromatic rings. The fraction of sp³-hybridized carbons (Fsp3) is 0.160. The lowest BCUT2D eigenvalue weighted by Gasteiger charge is -2.19. The number of hydrogen-bond acceptors (Lipinski definition) is 6. The molecule has 1 heterocycles. The van der Waals surface area contributed by atoms with E-state index < -0.39 is 0 Å².